The smallest absolute Gasteiger partial charge is 0.211 e. The van der Waals surface area contributed by atoms with Crippen LogP contribution in [0.15, 0.2) is 28.8 Å². The molecule has 0 aliphatic heterocycles. The van der Waals surface area contributed by atoms with Gasteiger partial charge in [0, 0.05) is 0 Å². The summed E-state index contributed by atoms with van der Waals surface area (Å²) in [6, 6.07) is 0. The van der Waals surface area contributed by atoms with Crippen LogP contribution in [-0.4, -0.2) is 11.6 Å². The molecule has 0 radical (unpaired) electrons. The van der Waals surface area contributed by atoms with Crippen LogP contribution in [0.25, 0.3) is 0 Å². The Bertz CT molecular complexity index is 365. The number of isocyanates is 1. The van der Waals surface area contributed by atoms with Crippen LogP contribution >= 0.6 is 0 Å². The standard InChI is InChI=1S/C16H25NO/c1-13(2)6-5-7-14(3)15-8-10-16(4,11-9-15)17-12-18/h5-7,13,15H,8-11H2,1-4H3. The highest BCUT2D eigenvalue weighted by Crippen LogP contribution is 2.37. The van der Waals surface area contributed by atoms with E-state index in [9.17, 15) is 4.79 Å². The molecular weight excluding hydrogens is 222 g/mol. The van der Waals surface area contributed by atoms with E-state index in [1.807, 2.05) is 0 Å². The Balaban J connectivity index is 2.55. The molecule has 0 aromatic rings. The van der Waals surface area contributed by atoms with Crippen LogP contribution in [-0.2, 0) is 4.79 Å². The van der Waals surface area contributed by atoms with E-state index in [1.165, 1.54) is 5.57 Å². The van der Waals surface area contributed by atoms with E-state index < -0.39 is 0 Å². The Morgan fingerprint density at radius 1 is 1.39 bits per heavy atom. The molecule has 0 unspecified atom stereocenters. The average molecular weight is 247 g/mol. The third-order valence-electron chi connectivity index (χ3n) is 3.88. The minimum atomic E-state index is -0.160. The lowest BCUT2D eigenvalue weighted by Gasteiger charge is -2.33. The minimum Gasteiger partial charge on any atom is -0.211 e. The van der Waals surface area contributed by atoms with E-state index >= 15 is 0 Å². The molecule has 0 heterocycles. The molecule has 1 rings (SSSR count). The summed E-state index contributed by atoms with van der Waals surface area (Å²) in [5.41, 5.74) is 1.29. The van der Waals surface area contributed by atoms with E-state index in [-0.39, 0.29) is 5.54 Å². The van der Waals surface area contributed by atoms with E-state index in [1.54, 1.807) is 6.08 Å². The fourth-order valence-electron chi connectivity index (χ4n) is 2.48. The van der Waals surface area contributed by atoms with Crippen molar-refractivity contribution >= 4 is 6.08 Å². The van der Waals surface area contributed by atoms with Gasteiger partial charge in [-0.2, -0.15) is 4.99 Å². The van der Waals surface area contributed by atoms with Crippen molar-refractivity contribution in [3.8, 4) is 0 Å². The summed E-state index contributed by atoms with van der Waals surface area (Å²) in [6.45, 7) is 8.64. The lowest BCUT2D eigenvalue weighted by atomic mass is 9.75. The van der Waals surface area contributed by atoms with Crippen molar-refractivity contribution in [2.24, 2.45) is 16.8 Å². The molecule has 0 aromatic heterocycles. The van der Waals surface area contributed by atoms with Crippen molar-refractivity contribution in [1.29, 1.82) is 0 Å². The van der Waals surface area contributed by atoms with Gasteiger partial charge >= 0.3 is 0 Å². The summed E-state index contributed by atoms with van der Waals surface area (Å²) in [6.07, 6.45) is 12.6. The molecule has 0 spiro atoms. The van der Waals surface area contributed by atoms with Crippen LogP contribution in [0.3, 0.4) is 0 Å². The van der Waals surface area contributed by atoms with E-state index in [0.717, 1.165) is 25.7 Å². The molecule has 100 valence electrons. The van der Waals surface area contributed by atoms with Gasteiger partial charge in [-0.05, 0) is 51.4 Å². The quantitative estimate of drug-likeness (QED) is 0.410. The zero-order valence-corrected chi connectivity index (χ0v) is 12.1. The molecule has 0 saturated heterocycles. The summed E-state index contributed by atoms with van der Waals surface area (Å²) >= 11 is 0. The van der Waals surface area contributed by atoms with Gasteiger partial charge in [0.2, 0.25) is 6.08 Å². The maximum Gasteiger partial charge on any atom is 0.235 e. The molecule has 0 amide bonds. The summed E-state index contributed by atoms with van der Waals surface area (Å²) in [5, 5.41) is 0. The van der Waals surface area contributed by atoms with Crippen LogP contribution in [0.1, 0.15) is 53.4 Å². The summed E-state index contributed by atoms with van der Waals surface area (Å²) in [7, 11) is 0. The first-order valence-electron chi connectivity index (χ1n) is 6.91. The maximum atomic E-state index is 10.4. The minimum absolute atomic E-state index is 0.160. The van der Waals surface area contributed by atoms with Crippen LogP contribution in [0.4, 0.5) is 0 Å². The Morgan fingerprint density at radius 3 is 2.50 bits per heavy atom. The van der Waals surface area contributed by atoms with Crippen LogP contribution < -0.4 is 0 Å². The molecule has 1 aliphatic rings. The normalized spacial score (nSPS) is 29.6. The first kappa shape index (κ1) is 14.9. The van der Waals surface area contributed by atoms with Gasteiger partial charge in [0.15, 0.2) is 0 Å². The molecule has 0 atom stereocenters. The zero-order chi connectivity index (χ0) is 13.6. The highest BCUT2D eigenvalue weighted by atomic mass is 16.1. The maximum absolute atomic E-state index is 10.4. The average Bonchev–Trinajstić information content (AvgIpc) is 2.29. The highest BCUT2D eigenvalue weighted by Gasteiger charge is 2.31. The Hall–Kier alpha value is -1.14. The monoisotopic (exact) mass is 247 g/mol. The number of hydrogen-bond acceptors (Lipinski definition) is 2. The Kier molecular flexibility index (Phi) is 5.55. The number of aliphatic imine (C=N–C) groups is 1. The summed E-state index contributed by atoms with van der Waals surface area (Å²) in [5.74, 6) is 1.25. The summed E-state index contributed by atoms with van der Waals surface area (Å²) < 4.78 is 0. The second kappa shape index (κ2) is 6.70. The number of rotatable bonds is 4. The number of carbonyl (C=O) groups excluding carboxylic acids is 1. The lowest BCUT2D eigenvalue weighted by Crippen LogP contribution is -2.29. The third-order valence-corrected chi connectivity index (χ3v) is 3.88. The molecule has 2 heteroatoms. The van der Waals surface area contributed by atoms with Crippen LogP contribution in [0.5, 0.6) is 0 Å². The van der Waals surface area contributed by atoms with Gasteiger partial charge in [-0.1, -0.05) is 37.6 Å². The highest BCUT2D eigenvalue weighted by molar-refractivity contribution is 5.34. The molecule has 0 bridgehead atoms. The largest absolute Gasteiger partial charge is 0.235 e. The van der Waals surface area contributed by atoms with Crippen LogP contribution in [0, 0.1) is 11.8 Å². The van der Waals surface area contributed by atoms with Gasteiger partial charge in [0.05, 0.1) is 5.54 Å². The Labute approximate surface area is 111 Å². The Morgan fingerprint density at radius 2 is 2.00 bits per heavy atom. The van der Waals surface area contributed by atoms with Crippen molar-refractivity contribution in [3.05, 3.63) is 23.8 Å². The lowest BCUT2D eigenvalue weighted by molar-refractivity contribution is 0.275. The van der Waals surface area contributed by atoms with Gasteiger partial charge in [-0.3, -0.25) is 0 Å². The fourth-order valence-corrected chi connectivity index (χ4v) is 2.48. The number of hydrogen-bond donors (Lipinski definition) is 0. The van der Waals surface area contributed by atoms with Crippen LogP contribution in [0.2, 0.25) is 0 Å². The molecule has 0 N–H and O–H groups in total. The first-order valence-corrected chi connectivity index (χ1v) is 6.91. The van der Waals surface area contributed by atoms with Crippen molar-refractivity contribution in [3.63, 3.8) is 0 Å². The zero-order valence-electron chi connectivity index (χ0n) is 12.1. The molecule has 18 heavy (non-hydrogen) atoms. The van der Waals surface area contributed by atoms with E-state index in [0.29, 0.717) is 11.8 Å². The predicted molar refractivity (Wildman–Crippen MR) is 76.2 cm³/mol. The van der Waals surface area contributed by atoms with Gasteiger partial charge in [0.25, 0.3) is 0 Å². The number of allylic oxidation sites excluding steroid dienone is 4. The molecule has 0 aromatic carbocycles. The predicted octanol–water partition coefficient (Wildman–Crippen LogP) is 4.43. The second-order valence-electron chi connectivity index (χ2n) is 6.01. The van der Waals surface area contributed by atoms with Crippen molar-refractivity contribution < 1.29 is 4.79 Å². The topological polar surface area (TPSA) is 29.4 Å². The molecule has 1 fully saturated rings. The van der Waals surface area contributed by atoms with Crippen molar-refractivity contribution in [1.82, 2.24) is 0 Å². The number of nitrogens with zero attached hydrogens (tertiary/aromatic N) is 1. The molecular formula is C16H25NO. The second-order valence-corrected chi connectivity index (χ2v) is 6.01. The van der Waals surface area contributed by atoms with Gasteiger partial charge < -0.3 is 0 Å². The molecule has 1 aliphatic carbocycles. The third kappa shape index (κ3) is 4.62. The summed E-state index contributed by atoms with van der Waals surface area (Å²) in [4.78, 5) is 14.3. The van der Waals surface area contributed by atoms with Gasteiger partial charge in [-0.15, -0.1) is 0 Å². The van der Waals surface area contributed by atoms with Crippen molar-refractivity contribution in [2.45, 2.75) is 58.9 Å². The molecule has 2 nitrogen and oxygen atoms in total. The van der Waals surface area contributed by atoms with Gasteiger partial charge in [0.1, 0.15) is 0 Å². The molecule has 1 saturated carbocycles. The van der Waals surface area contributed by atoms with E-state index in [4.69, 9.17) is 0 Å². The van der Waals surface area contributed by atoms with E-state index in [2.05, 4.69) is 50.9 Å². The van der Waals surface area contributed by atoms with Gasteiger partial charge in [-0.25, -0.2) is 4.79 Å². The fraction of sp³-hybridized carbons (Fsp3) is 0.688. The van der Waals surface area contributed by atoms with Crippen molar-refractivity contribution in [2.75, 3.05) is 0 Å². The first-order chi connectivity index (χ1) is 8.47. The SMILES string of the molecule is CC(=CC=CC(C)C)C1CCC(C)(N=C=O)CC1.